The van der Waals surface area contributed by atoms with Gasteiger partial charge in [0.2, 0.25) is 10.0 Å². The molecule has 1 aromatic carbocycles. The van der Waals surface area contributed by atoms with E-state index in [-0.39, 0.29) is 21.9 Å². The maximum absolute atomic E-state index is 13.1. The Bertz CT molecular complexity index is 930. The second-order valence-corrected chi connectivity index (χ2v) is 10.8. The van der Waals surface area contributed by atoms with Crippen molar-refractivity contribution in [2.75, 3.05) is 0 Å². The molecule has 5 nitrogen and oxygen atoms in total. The van der Waals surface area contributed by atoms with Gasteiger partial charge in [-0.2, -0.15) is 0 Å². The Morgan fingerprint density at radius 1 is 1.30 bits per heavy atom. The van der Waals surface area contributed by atoms with Crippen LogP contribution < -0.4 is 4.72 Å². The molecule has 1 aliphatic carbocycles. The molecule has 1 fully saturated rings. The van der Waals surface area contributed by atoms with Gasteiger partial charge in [0.15, 0.2) is 0 Å². The molecule has 27 heavy (non-hydrogen) atoms. The molecule has 146 valence electrons. The minimum atomic E-state index is -3.84. The Morgan fingerprint density at radius 3 is 2.56 bits per heavy atom. The zero-order valence-electron chi connectivity index (χ0n) is 15.5. The predicted octanol–water partition coefficient (Wildman–Crippen LogP) is 4.28. The number of nitrogens with zero attached hydrogens (tertiary/aromatic N) is 1. The van der Waals surface area contributed by atoms with Crippen molar-refractivity contribution in [3.63, 3.8) is 0 Å². The minimum Gasteiger partial charge on any atom is -0.331 e. The first-order valence-corrected chi connectivity index (χ1v) is 11.5. The van der Waals surface area contributed by atoms with Crippen LogP contribution >= 0.6 is 22.9 Å². The molecule has 0 unspecified atom stereocenters. The van der Waals surface area contributed by atoms with E-state index in [0.717, 1.165) is 17.7 Å². The third-order valence-electron chi connectivity index (χ3n) is 4.06. The van der Waals surface area contributed by atoms with Gasteiger partial charge in [0, 0.05) is 22.0 Å². The van der Waals surface area contributed by atoms with E-state index in [9.17, 15) is 13.2 Å². The number of amides is 1. The first-order valence-electron chi connectivity index (χ1n) is 8.74. The highest BCUT2D eigenvalue weighted by Gasteiger charge is 2.34. The highest BCUT2D eigenvalue weighted by Crippen LogP contribution is 2.32. The van der Waals surface area contributed by atoms with E-state index in [1.807, 2.05) is 22.4 Å². The van der Waals surface area contributed by atoms with E-state index in [1.165, 1.54) is 12.1 Å². The van der Waals surface area contributed by atoms with Crippen LogP contribution in [-0.2, 0) is 16.6 Å². The fraction of sp³-hybridized carbons (Fsp3) is 0.421. The molecule has 1 aliphatic rings. The van der Waals surface area contributed by atoms with Crippen molar-refractivity contribution < 1.29 is 13.2 Å². The van der Waals surface area contributed by atoms with Crippen molar-refractivity contribution in [2.24, 2.45) is 0 Å². The van der Waals surface area contributed by atoms with Gasteiger partial charge >= 0.3 is 0 Å². The summed E-state index contributed by atoms with van der Waals surface area (Å²) in [7, 11) is -3.84. The number of benzene rings is 1. The molecule has 1 N–H and O–H groups in total. The third kappa shape index (κ3) is 5.10. The fourth-order valence-electron chi connectivity index (χ4n) is 2.79. The molecule has 1 heterocycles. The molecule has 0 spiro atoms. The zero-order chi connectivity index (χ0) is 19.8. The van der Waals surface area contributed by atoms with Crippen LogP contribution in [0.15, 0.2) is 40.6 Å². The van der Waals surface area contributed by atoms with Crippen LogP contribution in [0.4, 0.5) is 0 Å². The average Bonchev–Trinajstić information content (AvgIpc) is 3.26. The van der Waals surface area contributed by atoms with Crippen molar-refractivity contribution in [3.8, 4) is 0 Å². The molecule has 3 rings (SSSR count). The molecule has 1 aromatic heterocycles. The highest BCUT2D eigenvalue weighted by atomic mass is 35.5. The van der Waals surface area contributed by atoms with Crippen molar-refractivity contribution in [1.29, 1.82) is 0 Å². The van der Waals surface area contributed by atoms with Crippen LogP contribution in [0, 0.1) is 0 Å². The fourth-order valence-corrected chi connectivity index (χ4v) is 5.44. The van der Waals surface area contributed by atoms with Crippen LogP contribution in [0.2, 0.25) is 5.02 Å². The molecule has 0 atom stereocenters. The number of nitrogens with one attached hydrogen (secondary N) is 1. The van der Waals surface area contributed by atoms with Gasteiger partial charge in [-0.25, -0.2) is 13.1 Å². The summed E-state index contributed by atoms with van der Waals surface area (Å²) in [6.45, 7) is 5.79. The van der Waals surface area contributed by atoms with Crippen LogP contribution in [0.3, 0.4) is 0 Å². The molecule has 0 radical (unpaired) electrons. The molecule has 0 saturated heterocycles. The molecule has 8 heteroatoms. The van der Waals surface area contributed by atoms with Gasteiger partial charge in [-0.15, -0.1) is 11.3 Å². The third-order valence-corrected chi connectivity index (χ3v) is 7.16. The topological polar surface area (TPSA) is 66.5 Å². The normalized spacial score (nSPS) is 15.0. The summed E-state index contributed by atoms with van der Waals surface area (Å²) < 4.78 is 28.0. The second kappa shape index (κ2) is 7.54. The zero-order valence-corrected chi connectivity index (χ0v) is 17.9. The molecule has 1 saturated carbocycles. The number of rotatable bonds is 6. The van der Waals surface area contributed by atoms with E-state index in [1.54, 1.807) is 38.2 Å². The largest absolute Gasteiger partial charge is 0.331 e. The number of thiophene rings is 1. The lowest BCUT2D eigenvalue weighted by Crippen LogP contribution is -2.40. The van der Waals surface area contributed by atoms with E-state index in [2.05, 4.69) is 4.72 Å². The van der Waals surface area contributed by atoms with Crippen molar-refractivity contribution in [3.05, 3.63) is 51.2 Å². The average molecular weight is 427 g/mol. The van der Waals surface area contributed by atoms with Crippen molar-refractivity contribution in [2.45, 2.75) is 56.6 Å². The Balaban J connectivity index is 1.91. The van der Waals surface area contributed by atoms with Gasteiger partial charge in [0.05, 0.1) is 11.6 Å². The summed E-state index contributed by atoms with van der Waals surface area (Å²) in [5.74, 6) is -0.172. The van der Waals surface area contributed by atoms with Crippen LogP contribution in [0.5, 0.6) is 0 Å². The number of carbonyl (C=O) groups is 1. The van der Waals surface area contributed by atoms with Crippen molar-refractivity contribution >= 4 is 38.9 Å². The van der Waals surface area contributed by atoms with Gasteiger partial charge in [0.25, 0.3) is 5.91 Å². The Kier molecular flexibility index (Phi) is 5.68. The maximum Gasteiger partial charge on any atom is 0.254 e. The van der Waals surface area contributed by atoms with E-state index < -0.39 is 15.6 Å². The quantitative estimate of drug-likeness (QED) is 0.749. The van der Waals surface area contributed by atoms with Crippen LogP contribution in [0.1, 0.15) is 48.8 Å². The Hall–Kier alpha value is -1.41. The first kappa shape index (κ1) is 20.3. The number of sulfonamides is 1. The van der Waals surface area contributed by atoms with Crippen molar-refractivity contribution in [1.82, 2.24) is 9.62 Å². The minimum absolute atomic E-state index is 0.0724. The van der Waals surface area contributed by atoms with Gasteiger partial charge in [-0.05, 0) is 63.3 Å². The van der Waals surface area contributed by atoms with Gasteiger partial charge in [-0.1, -0.05) is 17.7 Å². The maximum atomic E-state index is 13.1. The monoisotopic (exact) mass is 426 g/mol. The molecule has 0 bridgehead atoms. The summed E-state index contributed by atoms with van der Waals surface area (Å²) in [5, 5.41) is 2.08. The van der Waals surface area contributed by atoms with Gasteiger partial charge < -0.3 is 4.90 Å². The molecule has 0 aliphatic heterocycles. The molecular weight excluding hydrogens is 404 g/mol. The summed E-state index contributed by atoms with van der Waals surface area (Å²) in [4.78, 5) is 16.0. The Labute approximate surface area is 169 Å². The summed E-state index contributed by atoms with van der Waals surface area (Å²) in [6.07, 6.45) is 1.95. The molecule has 2 aromatic rings. The van der Waals surface area contributed by atoms with Gasteiger partial charge in [-0.3, -0.25) is 4.79 Å². The first-order chi connectivity index (χ1) is 12.6. The van der Waals surface area contributed by atoms with E-state index >= 15 is 0 Å². The molecular formula is C19H23ClN2O3S2. The summed E-state index contributed by atoms with van der Waals surface area (Å²) >= 11 is 7.75. The lowest BCUT2D eigenvalue weighted by atomic mass is 10.1. The van der Waals surface area contributed by atoms with Crippen LogP contribution in [-0.4, -0.2) is 30.8 Å². The van der Waals surface area contributed by atoms with Gasteiger partial charge in [0.1, 0.15) is 4.90 Å². The highest BCUT2D eigenvalue weighted by molar-refractivity contribution is 7.89. The van der Waals surface area contributed by atoms with Crippen LogP contribution in [0.25, 0.3) is 0 Å². The lowest BCUT2D eigenvalue weighted by molar-refractivity contribution is 0.0731. The lowest BCUT2D eigenvalue weighted by Gasteiger charge is -2.23. The van der Waals surface area contributed by atoms with E-state index in [0.29, 0.717) is 12.1 Å². The number of hydrogen-bond donors (Lipinski definition) is 1. The smallest absolute Gasteiger partial charge is 0.254 e. The summed E-state index contributed by atoms with van der Waals surface area (Å²) in [6, 6.07) is 8.61. The number of halogens is 1. The second-order valence-electron chi connectivity index (χ2n) is 7.74. The molecule has 1 amide bonds. The van der Waals surface area contributed by atoms with E-state index in [4.69, 9.17) is 11.6 Å². The predicted molar refractivity (Wildman–Crippen MR) is 109 cm³/mol. The Morgan fingerprint density at radius 2 is 2.00 bits per heavy atom. The SMILES string of the molecule is CC(C)(C)NS(=O)(=O)c1cc(C(=O)N(Cc2cccs2)C2CC2)ccc1Cl. The summed E-state index contributed by atoms with van der Waals surface area (Å²) in [5.41, 5.74) is -0.321. The standard InChI is InChI=1S/C19H23ClN2O3S2/c1-19(2,3)21-27(24,25)17-11-13(6-9-16(17)20)18(23)22(14-7-8-14)12-15-5-4-10-26-15/h4-6,9-11,14,21H,7-8,12H2,1-3H3. The number of carbonyl (C=O) groups excluding carboxylic acids is 1. The number of hydrogen-bond acceptors (Lipinski definition) is 4.